The van der Waals surface area contributed by atoms with Crippen LogP contribution in [0, 0.1) is 0 Å². The zero-order chi connectivity index (χ0) is 14.1. The van der Waals surface area contributed by atoms with Gasteiger partial charge in [0.05, 0.1) is 11.1 Å². The molecule has 0 saturated carbocycles. The summed E-state index contributed by atoms with van der Waals surface area (Å²) in [6.45, 7) is 1.59. The summed E-state index contributed by atoms with van der Waals surface area (Å²) >= 11 is 0.662. The van der Waals surface area contributed by atoms with Gasteiger partial charge in [-0.2, -0.15) is 26.3 Å². The number of rotatable bonds is 2. The van der Waals surface area contributed by atoms with Gasteiger partial charge in [-0.1, -0.05) is 6.92 Å². The highest BCUT2D eigenvalue weighted by Gasteiger charge is 2.45. The van der Waals surface area contributed by atoms with Crippen molar-refractivity contribution in [3.63, 3.8) is 0 Å². The van der Waals surface area contributed by atoms with Gasteiger partial charge in [0.2, 0.25) is 0 Å². The summed E-state index contributed by atoms with van der Waals surface area (Å²) in [6.07, 6.45) is -8.46. The molecule has 0 heterocycles. The molecule has 0 saturated heterocycles. The fourth-order valence-electron chi connectivity index (χ4n) is 1.55. The Kier molecular flexibility index (Phi) is 4.25. The van der Waals surface area contributed by atoms with E-state index in [4.69, 9.17) is 0 Å². The summed E-state index contributed by atoms with van der Waals surface area (Å²) in [4.78, 5) is -0.394. The molecule has 0 aliphatic heterocycles. The van der Waals surface area contributed by atoms with Gasteiger partial charge < -0.3 is 0 Å². The minimum absolute atomic E-state index is 0.236. The van der Waals surface area contributed by atoms with E-state index in [1.54, 1.807) is 6.92 Å². The van der Waals surface area contributed by atoms with Crippen LogP contribution in [0.2, 0.25) is 0 Å². The van der Waals surface area contributed by atoms with Crippen LogP contribution in [0.3, 0.4) is 0 Å². The van der Waals surface area contributed by atoms with E-state index in [1.807, 2.05) is 0 Å². The number of hydrogen-bond acceptors (Lipinski definition) is 1. The largest absolute Gasteiger partial charge is 0.418 e. The average Bonchev–Trinajstić information content (AvgIpc) is 2.24. The van der Waals surface area contributed by atoms with Crippen molar-refractivity contribution in [2.45, 2.75) is 30.6 Å². The van der Waals surface area contributed by atoms with Gasteiger partial charge >= 0.3 is 12.4 Å². The Morgan fingerprint density at radius 2 is 1.56 bits per heavy atom. The zero-order valence-corrected chi connectivity index (χ0v) is 10.4. The van der Waals surface area contributed by atoms with Crippen LogP contribution in [0.1, 0.15) is 23.6 Å². The molecule has 102 valence electrons. The van der Waals surface area contributed by atoms with E-state index in [1.165, 1.54) is 6.26 Å². The predicted octanol–water partition coefficient (Wildman–Crippen LogP) is 5.01. The van der Waals surface area contributed by atoms with Crippen LogP contribution in [0.15, 0.2) is 17.0 Å². The van der Waals surface area contributed by atoms with Crippen LogP contribution in [0.5, 0.6) is 0 Å². The van der Waals surface area contributed by atoms with Crippen molar-refractivity contribution in [3.05, 3.63) is 28.8 Å². The lowest BCUT2D eigenvalue weighted by Crippen LogP contribution is -2.18. The summed E-state index contributed by atoms with van der Waals surface area (Å²) in [5.41, 5.74) is -2.97. The normalized spacial score (nSPS) is 12.9. The maximum atomic E-state index is 12.7. The van der Waals surface area contributed by atoms with Gasteiger partial charge in [0.1, 0.15) is 0 Å². The lowest BCUT2D eigenvalue weighted by Gasteiger charge is -2.19. The molecule has 0 fully saturated rings. The van der Waals surface area contributed by atoms with Crippen LogP contribution in [0.25, 0.3) is 0 Å². The Labute approximate surface area is 104 Å². The number of aryl methyl sites for hydroxylation is 1. The Hall–Kier alpha value is -0.850. The molecular weight excluding hydrogens is 278 g/mol. The number of hydrogen-bond donors (Lipinski definition) is 0. The third-order valence-corrected chi connectivity index (χ3v) is 3.14. The molecule has 0 amide bonds. The first-order valence-electron chi connectivity index (χ1n) is 4.96. The maximum Gasteiger partial charge on any atom is 0.418 e. The lowest BCUT2D eigenvalue weighted by atomic mass is 10.0. The Morgan fingerprint density at radius 3 is 1.89 bits per heavy atom. The molecule has 18 heavy (non-hydrogen) atoms. The van der Waals surface area contributed by atoms with Gasteiger partial charge in [0, 0.05) is 4.90 Å². The molecule has 0 bridgehead atoms. The summed E-state index contributed by atoms with van der Waals surface area (Å²) in [6, 6.07) is 1.73. The molecule has 0 N–H and O–H groups in total. The van der Waals surface area contributed by atoms with Gasteiger partial charge in [-0.15, -0.1) is 11.8 Å². The Morgan fingerprint density at radius 1 is 1.00 bits per heavy atom. The predicted molar refractivity (Wildman–Crippen MR) is 57.6 cm³/mol. The summed E-state index contributed by atoms with van der Waals surface area (Å²) < 4.78 is 76.4. The van der Waals surface area contributed by atoms with Crippen molar-refractivity contribution in [2.75, 3.05) is 6.26 Å². The van der Waals surface area contributed by atoms with Crippen LogP contribution in [-0.4, -0.2) is 6.26 Å². The Balaban J connectivity index is 3.64. The van der Waals surface area contributed by atoms with Crippen molar-refractivity contribution < 1.29 is 26.3 Å². The van der Waals surface area contributed by atoms with E-state index in [-0.39, 0.29) is 12.0 Å². The third-order valence-electron chi connectivity index (χ3n) is 2.38. The molecule has 1 aromatic carbocycles. The van der Waals surface area contributed by atoms with Crippen molar-refractivity contribution in [1.82, 2.24) is 0 Å². The molecule has 0 nitrogen and oxygen atoms in total. The molecule has 0 radical (unpaired) electrons. The number of benzene rings is 1. The van der Waals surface area contributed by atoms with Crippen molar-refractivity contribution in [3.8, 4) is 0 Å². The third kappa shape index (κ3) is 3.13. The highest BCUT2D eigenvalue weighted by atomic mass is 32.2. The van der Waals surface area contributed by atoms with E-state index in [0.29, 0.717) is 17.8 Å². The summed E-state index contributed by atoms with van der Waals surface area (Å²) in [5.74, 6) is 0. The van der Waals surface area contributed by atoms with E-state index < -0.39 is 28.4 Å². The van der Waals surface area contributed by atoms with Crippen LogP contribution in [0.4, 0.5) is 26.3 Å². The number of thioether (sulfide) groups is 1. The fourth-order valence-corrected chi connectivity index (χ4v) is 2.25. The lowest BCUT2D eigenvalue weighted by molar-refractivity contribution is -0.163. The van der Waals surface area contributed by atoms with Gasteiger partial charge in [0.25, 0.3) is 0 Å². The first-order chi connectivity index (χ1) is 8.11. The molecule has 0 spiro atoms. The van der Waals surface area contributed by atoms with Gasteiger partial charge in [0.15, 0.2) is 0 Å². The van der Waals surface area contributed by atoms with Crippen LogP contribution < -0.4 is 0 Å². The average molecular weight is 288 g/mol. The van der Waals surface area contributed by atoms with Crippen molar-refractivity contribution in [2.24, 2.45) is 0 Å². The van der Waals surface area contributed by atoms with Crippen molar-refractivity contribution in [1.29, 1.82) is 0 Å². The molecule has 7 heteroatoms. The number of alkyl halides is 6. The molecule has 0 aliphatic rings. The highest BCUT2D eigenvalue weighted by Crippen LogP contribution is 2.45. The fraction of sp³-hybridized carbons (Fsp3) is 0.455. The monoisotopic (exact) mass is 288 g/mol. The first kappa shape index (κ1) is 15.2. The molecule has 1 aromatic rings. The molecule has 0 aliphatic carbocycles. The van der Waals surface area contributed by atoms with Gasteiger partial charge in [-0.05, 0) is 30.4 Å². The quantitative estimate of drug-likeness (QED) is 0.544. The topological polar surface area (TPSA) is 0 Å². The summed E-state index contributed by atoms with van der Waals surface area (Å²) in [7, 11) is 0. The summed E-state index contributed by atoms with van der Waals surface area (Å²) in [5, 5.41) is 0. The van der Waals surface area contributed by atoms with Crippen LogP contribution in [-0.2, 0) is 18.8 Å². The first-order valence-corrected chi connectivity index (χ1v) is 6.19. The molecule has 0 unspecified atom stereocenters. The second-order valence-electron chi connectivity index (χ2n) is 3.57. The number of halogens is 6. The van der Waals surface area contributed by atoms with E-state index in [0.717, 1.165) is 6.07 Å². The molecule has 0 aromatic heterocycles. The smallest absolute Gasteiger partial charge is 0.166 e. The van der Waals surface area contributed by atoms with Crippen molar-refractivity contribution >= 4 is 11.8 Å². The second kappa shape index (κ2) is 5.03. The van der Waals surface area contributed by atoms with E-state index >= 15 is 0 Å². The van der Waals surface area contributed by atoms with Gasteiger partial charge in [-0.25, -0.2) is 0 Å². The molecule has 1 rings (SSSR count). The molecule has 0 atom stereocenters. The second-order valence-corrected chi connectivity index (χ2v) is 4.42. The Bertz CT molecular complexity index is 432. The maximum absolute atomic E-state index is 12.7. The standard InChI is InChI=1S/C11H10F6S/c1-3-6-4-7(10(12,13)14)9(11(15,16)17)8(5-6)18-2/h4-5H,3H2,1-2H3. The van der Waals surface area contributed by atoms with E-state index in [9.17, 15) is 26.3 Å². The minimum atomic E-state index is -5.02. The SMILES string of the molecule is CCc1cc(SC)c(C(F)(F)F)c(C(F)(F)F)c1. The van der Waals surface area contributed by atoms with Gasteiger partial charge in [-0.3, -0.25) is 0 Å². The molecular formula is C11H10F6S. The van der Waals surface area contributed by atoms with E-state index in [2.05, 4.69) is 0 Å². The van der Waals surface area contributed by atoms with Crippen LogP contribution >= 0.6 is 11.8 Å². The highest BCUT2D eigenvalue weighted by molar-refractivity contribution is 7.98. The minimum Gasteiger partial charge on any atom is -0.166 e. The zero-order valence-electron chi connectivity index (χ0n) is 9.54.